The zero-order chi connectivity index (χ0) is 17.1. The first-order valence-corrected chi connectivity index (χ1v) is 8.34. The van der Waals surface area contributed by atoms with E-state index in [1.807, 2.05) is 0 Å². The molecule has 9 heteroatoms. The average Bonchev–Trinajstić information content (AvgIpc) is 2.62. The van der Waals surface area contributed by atoms with Gasteiger partial charge in [-0.2, -0.15) is 0 Å². The van der Waals surface area contributed by atoms with Crippen LogP contribution in [0.3, 0.4) is 0 Å². The summed E-state index contributed by atoms with van der Waals surface area (Å²) in [5, 5.41) is 11.1. The molecule has 24 heavy (non-hydrogen) atoms. The Balaban J connectivity index is 1.67. The highest BCUT2D eigenvalue weighted by Crippen LogP contribution is 2.09. The monoisotopic (exact) mass is 333 g/mol. The minimum atomic E-state index is -0.459. The molecule has 0 aliphatic carbocycles. The number of hydrogen-bond donors (Lipinski definition) is 1. The van der Waals surface area contributed by atoms with Crippen LogP contribution in [0.2, 0.25) is 0 Å². The van der Waals surface area contributed by atoms with Crippen molar-refractivity contribution in [3.63, 3.8) is 0 Å². The predicted octanol–water partition coefficient (Wildman–Crippen LogP) is -0.290. The molecular formula is C15H23N7O2. The number of piperidine rings is 1. The summed E-state index contributed by atoms with van der Waals surface area (Å²) in [5.74, 6) is 0.317. The van der Waals surface area contributed by atoms with Crippen LogP contribution in [0.15, 0.2) is 9.59 Å². The van der Waals surface area contributed by atoms with E-state index in [1.165, 1.54) is 44.0 Å². The largest absolute Gasteiger partial charge is 0.353 e. The van der Waals surface area contributed by atoms with Gasteiger partial charge in [-0.1, -0.05) is 6.42 Å². The Kier molecular flexibility index (Phi) is 4.89. The van der Waals surface area contributed by atoms with E-state index in [4.69, 9.17) is 0 Å². The molecule has 1 saturated heterocycles. The summed E-state index contributed by atoms with van der Waals surface area (Å²) in [6.45, 7) is 4.12. The van der Waals surface area contributed by atoms with Crippen molar-refractivity contribution in [2.24, 2.45) is 14.1 Å². The molecule has 3 rings (SSSR count). The number of rotatable bonds is 5. The van der Waals surface area contributed by atoms with Crippen LogP contribution in [0.5, 0.6) is 0 Å². The molecular weight excluding hydrogens is 310 g/mol. The predicted molar refractivity (Wildman–Crippen MR) is 91.2 cm³/mol. The van der Waals surface area contributed by atoms with Gasteiger partial charge in [-0.15, -0.1) is 10.2 Å². The Bertz CT molecular complexity index is 836. The fraction of sp³-hybridized carbons (Fsp3) is 0.667. The van der Waals surface area contributed by atoms with E-state index in [1.54, 1.807) is 7.05 Å². The van der Waals surface area contributed by atoms with E-state index in [0.29, 0.717) is 5.95 Å². The number of hydrogen-bond acceptors (Lipinski definition) is 7. The molecule has 0 unspecified atom stereocenters. The molecule has 1 fully saturated rings. The second kappa shape index (κ2) is 7.08. The average molecular weight is 333 g/mol. The minimum Gasteiger partial charge on any atom is -0.353 e. The molecule has 0 aromatic carbocycles. The number of nitrogens with one attached hydrogen (secondary N) is 1. The van der Waals surface area contributed by atoms with Gasteiger partial charge in [-0.3, -0.25) is 13.9 Å². The van der Waals surface area contributed by atoms with Gasteiger partial charge in [0.25, 0.3) is 5.56 Å². The van der Waals surface area contributed by atoms with Crippen LogP contribution in [0, 0.1) is 0 Å². The third-order valence-corrected chi connectivity index (χ3v) is 4.45. The van der Waals surface area contributed by atoms with Crippen LogP contribution in [0.25, 0.3) is 11.2 Å². The van der Waals surface area contributed by atoms with Crippen LogP contribution in [-0.4, -0.2) is 55.4 Å². The molecule has 130 valence electrons. The smallest absolute Gasteiger partial charge is 0.332 e. The lowest BCUT2D eigenvalue weighted by Crippen LogP contribution is -2.38. The maximum atomic E-state index is 12.2. The molecule has 0 bridgehead atoms. The van der Waals surface area contributed by atoms with Crippen LogP contribution in [0.4, 0.5) is 5.95 Å². The summed E-state index contributed by atoms with van der Waals surface area (Å²) in [5.41, 5.74) is -0.555. The highest BCUT2D eigenvalue weighted by Gasteiger charge is 2.13. The van der Waals surface area contributed by atoms with Crippen molar-refractivity contribution < 1.29 is 0 Å². The minimum absolute atomic E-state index is 0.146. The van der Waals surface area contributed by atoms with Gasteiger partial charge in [-0.25, -0.2) is 9.78 Å². The molecule has 0 saturated carbocycles. The molecule has 3 heterocycles. The second-order valence-electron chi connectivity index (χ2n) is 6.20. The molecule has 0 atom stereocenters. The van der Waals surface area contributed by atoms with Gasteiger partial charge in [0.1, 0.15) is 0 Å². The van der Waals surface area contributed by atoms with Crippen molar-refractivity contribution >= 4 is 17.1 Å². The lowest BCUT2D eigenvalue weighted by atomic mass is 10.1. The molecule has 2 aromatic heterocycles. The van der Waals surface area contributed by atoms with Crippen molar-refractivity contribution in [2.75, 3.05) is 31.5 Å². The summed E-state index contributed by atoms with van der Waals surface area (Å²) in [6, 6.07) is 0. The van der Waals surface area contributed by atoms with Crippen LogP contribution in [0.1, 0.15) is 25.7 Å². The second-order valence-corrected chi connectivity index (χ2v) is 6.20. The summed E-state index contributed by atoms with van der Waals surface area (Å²) in [6.07, 6.45) is 4.88. The Morgan fingerprint density at radius 2 is 1.79 bits per heavy atom. The van der Waals surface area contributed by atoms with Gasteiger partial charge < -0.3 is 10.2 Å². The van der Waals surface area contributed by atoms with Crippen LogP contribution >= 0.6 is 0 Å². The first-order valence-electron chi connectivity index (χ1n) is 8.34. The molecule has 0 spiro atoms. The first kappa shape index (κ1) is 16.6. The van der Waals surface area contributed by atoms with E-state index < -0.39 is 11.2 Å². The van der Waals surface area contributed by atoms with Gasteiger partial charge in [0, 0.05) is 20.6 Å². The molecule has 1 aliphatic heterocycles. The van der Waals surface area contributed by atoms with Gasteiger partial charge >= 0.3 is 5.69 Å². The van der Waals surface area contributed by atoms with E-state index in [0.717, 1.165) is 24.1 Å². The number of fused-ring (bicyclic) bond motifs is 1. The number of anilines is 1. The molecule has 2 aromatic rings. The zero-order valence-corrected chi connectivity index (χ0v) is 14.2. The summed E-state index contributed by atoms with van der Waals surface area (Å²) < 4.78 is 2.30. The van der Waals surface area contributed by atoms with Crippen molar-refractivity contribution in [2.45, 2.75) is 25.7 Å². The zero-order valence-electron chi connectivity index (χ0n) is 14.2. The summed E-state index contributed by atoms with van der Waals surface area (Å²) >= 11 is 0. The fourth-order valence-corrected chi connectivity index (χ4v) is 3.01. The highest BCUT2D eigenvalue weighted by atomic mass is 16.2. The normalized spacial score (nSPS) is 15.8. The van der Waals surface area contributed by atoms with Crippen molar-refractivity contribution in [3.05, 3.63) is 20.8 Å². The summed E-state index contributed by atoms with van der Waals surface area (Å²) in [4.78, 5) is 30.7. The first-order chi connectivity index (χ1) is 11.6. The topological polar surface area (TPSA) is 97.9 Å². The number of aryl methyl sites for hydroxylation is 1. The Morgan fingerprint density at radius 3 is 2.54 bits per heavy atom. The SMILES string of the molecule is Cn1c(=O)c2nc(NCCCN3CCCCC3)nnc2n(C)c1=O. The van der Waals surface area contributed by atoms with E-state index in [2.05, 4.69) is 25.4 Å². The number of nitrogens with zero attached hydrogens (tertiary/aromatic N) is 6. The lowest BCUT2D eigenvalue weighted by molar-refractivity contribution is 0.228. The van der Waals surface area contributed by atoms with Crippen molar-refractivity contribution in [1.82, 2.24) is 29.2 Å². The summed E-state index contributed by atoms with van der Waals surface area (Å²) in [7, 11) is 2.98. The van der Waals surface area contributed by atoms with Gasteiger partial charge in [0.05, 0.1) is 0 Å². The standard InChI is InChI=1S/C15H23N7O2/c1-20-12-11(13(23)21(2)15(20)24)17-14(19-18-12)16-7-6-10-22-8-4-3-5-9-22/h3-10H2,1-2H3,(H,16,17,19). The number of aromatic nitrogens is 5. The molecule has 1 aliphatic rings. The number of likely N-dealkylation sites (tertiary alicyclic amines) is 1. The van der Waals surface area contributed by atoms with Crippen LogP contribution < -0.4 is 16.6 Å². The van der Waals surface area contributed by atoms with Crippen molar-refractivity contribution in [3.8, 4) is 0 Å². The maximum Gasteiger partial charge on any atom is 0.332 e. The maximum absolute atomic E-state index is 12.2. The lowest BCUT2D eigenvalue weighted by Gasteiger charge is -2.26. The Hall–Kier alpha value is -2.29. The van der Waals surface area contributed by atoms with E-state index in [9.17, 15) is 9.59 Å². The Morgan fingerprint density at radius 1 is 1.04 bits per heavy atom. The molecule has 0 radical (unpaired) electrons. The highest BCUT2D eigenvalue weighted by molar-refractivity contribution is 5.69. The van der Waals surface area contributed by atoms with Crippen molar-refractivity contribution in [1.29, 1.82) is 0 Å². The Labute approximate surface area is 139 Å². The third-order valence-electron chi connectivity index (χ3n) is 4.45. The van der Waals surface area contributed by atoms with Crippen LogP contribution in [-0.2, 0) is 14.1 Å². The van der Waals surface area contributed by atoms with E-state index >= 15 is 0 Å². The van der Waals surface area contributed by atoms with E-state index in [-0.39, 0.29) is 11.2 Å². The fourth-order valence-electron chi connectivity index (χ4n) is 3.01. The van der Waals surface area contributed by atoms with Gasteiger partial charge in [-0.05, 0) is 38.9 Å². The molecule has 9 nitrogen and oxygen atoms in total. The van der Waals surface area contributed by atoms with Gasteiger partial charge in [0.15, 0.2) is 11.2 Å². The third kappa shape index (κ3) is 3.30. The molecule has 0 amide bonds. The quantitative estimate of drug-likeness (QED) is 0.751. The molecule has 1 N–H and O–H groups in total. The van der Waals surface area contributed by atoms with Gasteiger partial charge in [0.2, 0.25) is 5.95 Å².